The van der Waals surface area contributed by atoms with Crippen molar-refractivity contribution < 1.29 is 4.74 Å². The second-order valence-corrected chi connectivity index (χ2v) is 7.42. The van der Waals surface area contributed by atoms with Gasteiger partial charge in [-0.3, -0.25) is 0 Å². The predicted octanol–water partition coefficient (Wildman–Crippen LogP) is 3.61. The van der Waals surface area contributed by atoms with Crippen molar-refractivity contribution in [1.29, 1.82) is 0 Å². The molecule has 0 aliphatic heterocycles. The molecule has 3 aliphatic carbocycles. The lowest BCUT2D eigenvalue weighted by molar-refractivity contribution is 0.00325. The van der Waals surface area contributed by atoms with Crippen LogP contribution >= 0.6 is 0 Å². The van der Waals surface area contributed by atoms with Gasteiger partial charge in [-0.05, 0) is 68.6 Å². The van der Waals surface area contributed by atoms with Crippen LogP contribution in [-0.4, -0.2) is 25.3 Å². The van der Waals surface area contributed by atoms with Crippen molar-refractivity contribution in [3.8, 4) is 0 Å². The summed E-state index contributed by atoms with van der Waals surface area (Å²) < 4.78 is 6.09. The molecule has 0 saturated heterocycles. The Kier molecular flexibility index (Phi) is 4.48. The molecule has 0 aromatic rings. The van der Waals surface area contributed by atoms with Gasteiger partial charge in [-0.2, -0.15) is 0 Å². The predicted molar refractivity (Wildman–Crippen MR) is 79.2 cm³/mol. The molecule has 19 heavy (non-hydrogen) atoms. The standard InChI is InChI=1S/C17H31NO/c1-12-3-8-16(11-13(12)2)19-10-9-18-17(14-4-5-14)15-6-7-15/h12-18H,3-11H2,1-2H3. The van der Waals surface area contributed by atoms with Crippen molar-refractivity contribution in [2.75, 3.05) is 13.2 Å². The van der Waals surface area contributed by atoms with E-state index >= 15 is 0 Å². The Morgan fingerprint density at radius 1 is 0.947 bits per heavy atom. The lowest BCUT2D eigenvalue weighted by atomic mass is 9.80. The zero-order valence-corrected chi connectivity index (χ0v) is 12.7. The van der Waals surface area contributed by atoms with Crippen LogP contribution in [-0.2, 0) is 4.74 Å². The molecule has 0 heterocycles. The molecule has 3 unspecified atom stereocenters. The molecule has 3 rings (SSSR count). The molecule has 3 saturated carbocycles. The van der Waals surface area contributed by atoms with Crippen molar-refractivity contribution >= 4 is 0 Å². The van der Waals surface area contributed by atoms with Crippen LogP contribution in [0.3, 0.4) is 0 Å². The lowest BCUT2D eigenvalue weighted by Crippen LogP contribution is -2.36. The maximum absolute atomic E-state index is 6.09. The van der Waals surface area contributed by atoms with Crippen LogP contribution < -0.4 is 5.32 Å². The Labute approximate surface area is 118 Å². The molecule has 3 fully saturated rings. The third kappa shape index (κ3) is 3.95. The van der Waals surface area contributed by atoms with Gasteiger partial charge in [0.25, 0.3) is 0 Å². The van der Waals surface area contributed by atoms with Crippen LogP contribution in [0, 0.1) is 23.7 Å². The summed E-state index contributed by atoms with van der Waals surface area (Å²) >= 11 is 0. The summed E-state index contributed by atoms with van der Waals surface area (Å²) in [4.78, 5) is 0. The van der Waals surface area contributed by atoms with Crippen molar-refractivity contribution in [2.24, 2.45) is 23.7 Å². The third-order valence-electron chi connectivity index (χ3n) is 5.65. The molecule has 0 spiro atoms. The lowest BCUT2D eigenvalue weighted by Gasteiger charge is -2.32. The van der Waals surface area contributed by atoms with E-state index in [0.717, 1.165) is 42.9 Å². The van der Waals surface area contributed by atoms with E-state index in [1.54, 1.807) is 0 Å². The van der Waals surface area contributed by atoms with Crippen molar-refractivity contribution in [2.45, 2.75) is 70.9 Å². The molecule has 110 valence electrons. The molecule has 1 N–H and O–H groups in total. The van der Waals surface area contributed by atoms with Gasteiger partial charge < -0.3 is 10.1 Å². The summed E-state index contributed by atoms with van der Waals surface area (Å²) in [5.74, 6) is 3.75. The molecule has 2 heteroatoms. The van der Waals surface area contributed by atoms with E-state index in [-0.39, 0.29) is 0 Å². The number of ether oxygens (including phenoxy) is 1. The zero-order chi connectivity index (χ0) is 13.2. The molecule has 0 radical (unpaired) electrons. The van der Waals surface area contributed by atoms with E-state index in [1.807, 2.05) is 0 Å². The molecule has 2 nitrogen and oxygen atoms in total. The summed E-state index contributed by atoms with van der Waals surface area (Å²) in [7, 11) is 0. The van der Waals surface area contributed by atoms with E-state index in [0.29, 0.717) is 6.10 Å². The SMILES string of the molecule is CC1CCC(OCCNC(C2CC2)C2CC2)CC1C. The quantitative estimate of drug-likeness (QED) is 0.710. The summed E-state index contributed by atoms with van der Waals surface area (Å²) in [5, 5.41) is 3.78. The Bertz CT molecular complexity index is 273. The highest BCUT2D eigenvalue weighted by molar-refractivity contribution is 4.96. The maximum Gasteiger partial charge on any atom is 0.0594 e. The monoisotopic (exact) mass is 265 g/mol. The molecule has 0 bridgehead atoms. The van der Waals surface area contributed by atoms with Gasteiger partial charge in [-0.25, -0.2) is 0 Å². The molecule has 0 aromatic heterocycles. The van der Waals surface area contributed by atoms with E-state index in [4.69, 9.17) is 4.74 Å². The Morgan fingerprint density at radius 3 is 2.21 bits per heavy atom. The largest absolute Gasteiger partial charge is 0.377 e. The van der Waals surface area contributed by atoms with Gasteiger partial charge in [-0.15, -0.1) is 0 Å². The fourth-order valence-corrected chi connectivity index (χ4v) is 3.73. The maximum atomic E-state index is 6.09. The number of hydrogen-bond donors (Lipinski definition) is 1. The van der Waals surface area contributed by atoms with Gasteiger partial charge in [0.1, 0.15) is 0 Å². The highest BCUT2D eigenvalue weighted by Gasteiger charge is 2.40. The van der Waals surface area contributed by atoms with Crippen molar-refractivity contribution in [1.82, 2.24) is 5.32 Å². The summed E-state index contributed by atoms with van der Waals surface area (Å²) in [5.41, 5.74) is 0. The van der Waals surface area contributed by atoms with E-state index in [2.05, 4.69) is 19.2 Å². The Morgan fingerprint density at radius 2 is 1.63 bits per heavy atom. The first kappa shape index (κ1) is 13.9. The summed E-state index contributed by atoms with van der Waals surface area (Å²) in [6.07, 6.45) is 10.3. The Balaban J connectivity index is 1.30. The van der Waals surface area contributed by atoms with Crippen LogP contribution in [0.5, 0.6) is 0 Å². The Hall–Kier alpha value is -0.0800. The third-order valence-corrected chi connectivity index (χ3v) is 5.65. The normalized spacial score (nSPS) is 35.8. The first-order chi connectivity index (χ1) is 9.24. The summed E-state index contributed by atoms with van der Waals surface area (Å²) in [6, 6.07) is 0.828. The van der Waals surface area contributed by atoms with Gasteiger partial charge in [0.15, 0.2) is 0 Å². The molecule has 0 aromatic carbocycles. The first-order valence-corrected chi connectivity index (χ1v) is 8.59. The number of hydrogen-bond acceptors (Lipinski definition) is 2. The number of rotatable bonds is 7. The first-order valence-electron chi connectivity index (χ1n) is 8.59. The van der Waals surface area contributed by atoms with Crippen LogP contribution in [0.1, 0.15) is 58.8 Å². The van der Waals surface area contributed by atoms with E-state index in [1.165, 1.54) is 44.9 Å². The van der Waals surface area contributed by atoms with Crippen LogP contribution in [0.15, 0.2) is 0 Å². The van der Waals surface area contributed by atoms with Gasteiger partial charge in [0, 0.05) is 12.6 Å². The second-order valence-electron chi connectivity index (χ2n) is 7.42. The minimum absolute atomic E-state index is 0.535. The highest BCUT2D eigenvalue weighted by Crippen LogP contribution is 2.44. The average Bonchev–Trinajstić information content (AvgIpc) is 3.27. The minimum atomic E-state index is 0.535. The van der Waals surface area contributed by atoms with Crippen LogP contribution in [0.25, 0.3) is 0 Å². The highest BCUT2D eigenvalue weighted by atomic mass is 16.5. The van der Waals surface area contributed by atoms with E-state index in [9.17, 15) is 0 Å². The smallest absolute Gasteiger partial charge is 0.0594 e. The summed E-state index contributed by atoms with van der Waals surface area (Å²) in [6.45, 7) is 6.76. The molecule has 3 atom stereocenters. The fourth-order valence-electron chi connectivity index (χ4n) is 3.73. The van der Waals surface area contributed by atoms with Crippen molar-refractivity contribution in [3.05, 3.63) is 0 Å². The van der Waals surface area contributed by atoms with Crippen molar-refractivity contribution in [3.63, 3.8) is 0 Å². The van der Waals surface area contributed by atoms with Gasteiger partial charge in [0.05, 0.1) is 12.7 Å². The minimum Gasteiger partial charge on any atom is -0.377 e. The zero-order valence-electron chi connectivity index (χ0n) is 12.7. The molecule has 0 amide bonds. The average molecular weight is 265 g/mol. The van der Waals surface area contributed by atoms with Crippen LogP contribution in [0.2, 0.25) is 0 Å². The fraction of sp³-hybridized carbons (Fsp3) is 1.00. The number of nitrogens with one attached hydrogen (secondary N) is 1. The van der Waals surface area contributed by atoms with Crippen LogP contribution in [0.4, 0.5) is 0 Å². The van der Waals surface area contributed by atoms with Gasteiger partial charge in [0.2, 0.25) is 0 Å². The molecular weight excluding hydrogens is 234 g/mol. The molecular formula is C17H31NO. The topological polar surface area (TPSA) is 21.3 Å². The second kappa shape index (κ2) is 6.13. The van der Waals surface area contributed by atoms with Gasteiger partial charge >= 0.3 is 0 Å². The molecule has 3 aliphatic rings. The van der Waals surface area contributed by atoms with Gasteiger partial charge in [-0.1, -0.05) is 13.8 Å². The van der Waals surface area contributed by atoms with E-state index < -0.39 is 0 Å².